The molecule has 162 valence electrons. The van der Waals surface area contributed by atoms with Crippen LogP contribution in [0.15, 0.2) is 51.7 Å². The Balaban J connectivity index is 2.00. The molecule has 0 spiro atoms. The van der Waals surface area contributed by atoms with Crippen LogP contribution < -0.4 is 10.9 Å². The molecular formula is C25H29N3O3. The van der Waals surface area contributed by atoms with Crippen LogP contribution in [0.2, 0.25) is 0 Å². The molecule has 0 fully saturated rings. The summed E-state index contributed by atoms with van der Waals surface area (Å²) in [6, 6.07) is 12.8. The molecule has 4 rings (SSSR count). The van der Waals surface area contributed by atoms with E-state index in [0.29, 0.717) is 28.1 Å². The monoisotopic (exact) mass is 419 g/mol. The fraction of sp³-hybridized carbons (Fsp3) is 0.360. The van der Waals surface area contributed by atoms with Crippen LogP contribution in [-0.2, 0) is 0 Å². The molecule has 3 heterocycles. The summed E-state index contributed by atoms with van der Waals surface area (Å²) in [5.41, 5.74) is 1.63. The molecule has 0 aliphatic heterocycles. The minimum atomic E-state index is -0.617. The molecule has 0 amide bonds. The SMILES string of the molecule is Cc1cccc2nc(-c3c(O)c4ccccc4oc3=O)c(NC(C)(C)CC(C)(C)C)n12. The molecule has 31 heavy (non-hydrogen) atoms. The molecule has 1 aromatic carbocycles. The van der Waals surface area contributed by atoms with Crippen LogP contribution in [0.1, 0.15) is 46.7 Å². The third-order valence-electron chi connectivity index (χ3n) is 5.29. The van der Waals surface area contributed by atoms with Gasteiger partial charge in [0.25, 0.3) is 0 Å². The summed E-state index contributed by atoms with van der Waals surface area (Å²) in [6.45, 7) is 12.8. The van der Waals surface area contributed by atoms with E-state index in [1.807, 2.05) is 29.5 Å². The fourth-order valence-corrected chi connectivity index (χ4v) is 4.58. The van der Waals surface area contributed by atoms with Gasteiger partial charge in [-0.05, 0) is 56.9 Å². The van der Waals surface area contributed by atoms with Gasteiger partial charge >= 0.3 is 5.63 Å². The van der Waals surface area contributed by atoms with Gasteiger partial charge in [-0.2, -0.15) is 0 Å². The van der Waals surface area contributed by atoms with Crippen molar-refractivity contribution < 1.29 is 9.52 Å². The molecule has 3 aromatic heterocycles. The Morgan fingerprint density at radius 3 is 2.48 bits per heavy atom. The third-order valence-corrected chi connectivity index (χ3v) is 5.29. The number of pyridine rings is 1. The second-order valence-corrected chi connectivity index (χ2v) is 10.0. The van der Waals surface area contributed by atoms with E-state index in [9.17, 15) is 9.90 Å². The number of rotatable bonds is 4. The molecule has 6 heteroatoms. The van der Waals surface area contributed by atoms with Gasteiger partial charge in [-0.15, -0.1) is 0 Å². The molecule has 0 bridgehead atoms. The van der Waals surface area contributed by atoms with Crippen molar-refractivity contribution in [2.45, 2.75) is 53.5 Å². The van der Waals surface area contributed by atoms with Crippen LogP contribution in [0.3, 0.4) is 0 Å². The number of para-hydroxylation sites is 1. The van der Waals surface area contributed by atoms with Crippen LogP contribution in [0.4, 0.5) is 5.82 Å². The van der Waals surface area contributed by atoms with Crippen molar-refractivity contribution >= 4 is 22.4 Å². The second-order valence-electron chi connectivity index (χ2n) is 10.0. The largest absolute Gasteiger partial charge is 0.506 e. The molecule has 0 saturated heterocycles. The Morgan fingerprint density at radius 2 is 1.77 bits per heavy atom. The lowest BCUT2D eigenvalue weighted by Gasteiger charge is -2.34. The maximum absolute atomic E-state index is 13.0. The first-order valence-corrected chi connectivity index (χ1v) is 10.5. The lowest BCUT2D eigenvalue weighted by Crippen LogP contribution is -2.36. The number of imidazole rings is 1. The lowest BCUT2D eigenvalue weighted by molar-refractivity contribution is 0.302. The van der Waals surface area contributed by atoms with E-state index in [1.165, 1.54) is 0 Å². The van der Waals surface area contributed by atoms with E-state index in [0.717, 1.165) is 12.1 Å². The minimum absolute atomic E-state index is 0.0656. The van der Waals surface area contributed by atoms with Crippen molar-refractivity contribution in [3.8, 4) is 17.0 Å². The van der Waals surface area contributed by atoms with Gasteiger partial charge in [0.2, 0.25) is 0 Å². The number of benzene rings is 1. The van der Waals surface area contributed by atoms with Gasteiger partial charge in [-0.25, -0.2) is 9.78 Å². The number of aromatic nitrogens is 2. The molecular weight excluding hydrogens is 390 g/mol. The predicted molar refractivity (Wildman–Crippen MR) is 125 cm³/mol. The van der Waals surface area contributed by atoms with E-state index >= 15 is 0 Å². The first-order valence-electron chi connectivity index (χ1n) is 10.5. The van der Waals surface area contributed by atoms with Crippen molar-refractivity contribution in [1.82, 2.24) is 9.38 Å². The summed E-state index contributed by atoms with van der Waals surface area (Å²) in [4.78, 5) is 17.7. The normalized spacial score (nSPS) is 12.6. The van der Waals surface area contributed by atoms with Crippen molar-refractivity contribution in [1.29, 1.82) is 0 Å². The number of fused-ring (bicyclic) bond motifs is 2. The smallest absolute Gasteiger partial charge is 0.349 e. The second kappa shape index (κ2) is 7.15. The average molecular weight is 420 g/mol. The third kappa shape index (κ3) is 3.90. The van der Waals surface area contributed by atoms with Crippen molar-refractivity contribution in [2.24, 2.45) is 5.41 Å². The molecule has 0 aliphatic carbocycles. The Kier molecular flexibility index (Phi) is 4.84. The van der Waals surface area contributed by atoms with Crippen LogP contribution in [0, 0.1) is 12.3 Å². The topological polar surface area (TPSA) is 79.8 Å². The first-order chi connectivity index (χ1) is 14.5. The number of hydrogen-bond acceptors (Lipinski definition) is 5. The Labute approximate surface area is 181 Å². The van der Waals surface area contributed by atoms with Gasteiger partial charge in [-0.1, -0.05) is 39.0 Å². The zero-order valence-corrected chi connectivity index (χ0v) is 18.9. The molecule has 2 N–H and O–H groups in total. The quantitative estimate of drug-likeness (QED) is 0.412. The highest BCUT2D eigenvalue weighted by atomic mass is 16.4. The van der Waals surface area contributed by atoms with E-state index in [1.54, 1.807) is 24.3 Å². The molecule has 0 unspecified atom stereocenters. The first kappa shape index (κ1) is 21.0. The van der Waals surface area contributed by atoms with Crippen molar-refractivity contribution in [3.05, 3.63) is 58.6 Å². The number of aryl methyl sites for hydroxylation is 1. The molecule has 0 radical (unpaired) electrons. The summed E-state index contributed by atoms with van der Waals surface area (Å²) in [5.74, 6) is 0.546. The van der Waals surface area contributed by atoms with Gasteiger partial charge in [0.15, 0.2) is 0 Å². The maximum Gasteiger partial charge on any atom is 0.349 e. The molecule has 0 aliphatic rings. The Morgan fingerprint density at radius 1 is 1.06 bits per heavy atom. The number of nitrogens with one attached hydrogen (secondary N) is 1. The summed E-state index contributed by atoms with van der Waals surface area (Å²) < 4.78 is 7.51. The van der Waals surface area contributed by atoms with E-state index in [-0.39, 0.29) is 22.3 Å². The standard InChI is InChI=1S/C25H29N3O3/c1-15-10-9-13-18-26-20(22(28(15)18)27-25(5,6)14-24(2,3)4)19-21(29)16-11-7-8-12-17(16)31-23(19)30/h7-13,27,29H,14H2,1-6H3. The number of anilines is 1. The summed E-state index contributed by atoms with van der Waals surface area (Å²) in [5, 5.41) is 15.1. The zero-order chi connectivity index (χ0) is 22.6. The average Bonchev–Trinajstić information content (AvgIpc) is 2.98. The van der Waals surface area contributed by atoms with Crippen molar-refractivity contribution in [3.63, 3.8) is 0 Å². The molecule has 4 aromatic rings. The fourth-order valence-electron chi connectivity index (χ4n) is 4.58. The van der Waals surface area contributed by atoms with Crippen LogP contribution in [-0.4, -0.2) is 20.0 Å². The Hall–Kier alpha value is -3.28. The van der Waals surface area contributed by atoms with Crippen LogP contribution >= 0.6 is 0 Å². The van der Waals surface area contributed by atoms with Gasteiger partial charge in [-0.3, -0.25) is 4.40 Å². The molecule has 0 saturated carbocycles. The highest BCUT2D eigenvalue weighted by Crippen LogP contribution is 2.39. The minimum Gasteiger partial charge on any atom is -0.506 e. The predicted octanol–water partition coefficient (Wildman–Crippen LogP) is 5.75. The van der Waals surface area contributed by atoms with Crippen LogP contribution in [0.5, 0.6) is 5.75 Å². The highest BCUT2D eigenvalue weighted by Gasteiger charge is 2.30. The highest BCUT2D eigenvalue weighted by molar-refractivity contribution is 5.92. The van der Waals surface area contributed by atoms with E-state index in [2.05, 4.69) is 39.9 Å². The molecule has 6 nitrogen and oxygen atoms in total. The lowest BCUT2D eigenvalue weighted by atomic mass is 9.82. The number of nitrogens with zero attached hydrogens (tertiary/aromatic N) is 2. The summed E-state index contributed by atoms with van der Waals surface area (Å²) >= 11 is 0. The summed E-state index contributed by atoms with van der Waals surface area (Å²) in [7, 11) is 0. The van der Waals surface area contributed by atoms with E-state index < -0.39 is 5.63 Å². The summed E-state index contributed by atoms with van der Waals surface area (Å²) in [6.07, 6.45) is 0.886. The Bertz CT molecular complexity index is 1340. The van der Waals surface area contributed by atoms with E-state index in [4.69, 9.17) is 9.40 Å². The molecule has 0 atom stereocenters. The van der Waals surface area contributed by atoms with Gasteiger partial charge in [0, 0.05) is 11.2 Å². The van der Waals surface area contributed by atoms with Crippen molar-refractivity contribution in [2.75, 3.05) is 5.32 Å². The van der Waals surface area contributed by atoms with Gasteiger partial charge < -0.3 is 14.8 Å². The number of aromatic hydroxyl groups is 1. The maximum atomic E-state index is 13.0. The van der Waals surface area contributed by atoms with Gasteiger partial charge in [0.05, 0.1) is 5.39 Å². The number of hydrogen-bond donors (Lipinski definition) is 2. The zero-order valence-electron chi connectivity index (χ0n) is 18.9. The van der Waals surface area contributed by atoms with Gasteiger partial charge in [0.1, 0.15) is 34.1 Å². The van der Waals surface area contributed by atoms with Crippen LogP contribution in [0.25, 0.3) is 27.9 Å².